The lowest BCUT2D eigenvalue weighted by atomic mass is 10.1. The molecule has 0 atom stereocenters. The van der Waals surface area contributed by atoms with E-state index in [2.05, 4.69) is 31.1 Å². The van der Waals surface area contributed by atoms with E-state index < -0.39 is 0 Å². The molecule has 0 aliphatic rings. The minimum absolute atomic E-state index is 0.974. The molecular weight excluding hydrogens is 262 g/mol. The summed E-state index contributed by atoms with van der Waals surface area (Å²) in [7, 11) is 0. The summed E-state index contributed by atoms with van der Waals surface area (Å²) in [6, 6.07) is 10.3. The highest BCUT2D eigenvalue weighted by Crippen LogP contribution is 2.29. The number of aromatic nitrogens is 3. The molecule has 0 N–H and O–H groups in total. The molecule has 5 heteroatoms. The summed E-state index contributed by atoms with van der Waals surface area (Å²) in [6.07, 6.45) is 0. The van der Waals surface area contributed by atoms with Crippen molar-refractivity contribution >= 4 is 28.1 Å². The minimum Gasteiger partial charge on any atom is -0.217 e. The highest BCUT2D eigenvalue weighted by atomic mass is 32.2. The minimum atomic E-state index is 0.974. The van der Waals surface area contributed by atoms with Crippen molar-refractivity contribution in [3.05, 3.63) is 36.0 Å². The molecule has 0 spiro atoms. The molecule has 0 saturated carbocycles. The molecule has 3 rings (SSSR count). The van der Waals surface area contributed by atoms with E-state index in [0.717, 1.165) is 32.0 Å². The fraction of sp³-hybridized carbons (Fsp3) is 0.231. The molecule has 0 aliphatic carbocycles. The maximum atomic E-state index is 4.69. The molecule has 92 valence electrons. The first-order valence-corrected chi connectivity index (χ1v) is 7.64. The molecule has 1 aromatic carbocycles. The predicted octanol–water partition coefficient (Wildman–Crippen LogP) is 3.88. The number of hydrogen-bond acceptors (Lipinski definition) is 4. The standard InChI is InChI=1S/C13H13N3S2/c1-3-17-13-15-16-9(2)11(14-12(16)18-13)10-7-5-4-6-8-10/h4-8H,3H2,1-2H3. The molecule has 18 heavy (non-hydrogen) atoms. The van der Waals surface area contributed by atoms with Crippen LogP contribution in [0.25, 0.3) is 16.2 Å². The topological polar surface area (TPSA) is 30.2 Å². The van der Waals surface area contributed by atoms with Crippen molar-refractivity contribution in [1.82, 2.24) is 14.6 Å². The van der Waals surface area contributed by atoms with Gasteiger partial charge in [-0.05, 0) is 12.7 Å². The average molecular weight is 275 g/mol. The molecule has 0 aliphatic heterocycles. The Morgan fingerprint density at radius 2 is 2.06 bits per heavy atom. The van der Waals surface area contributed by atoms with Crippen LogP contribution >= 0.6 is 23.1 Å². The van der Waals surface area contributed by atoms with Gasteiger partial charge in [-0.15, -0.1) is 5.10 Å². The summed E-state index contributed by atoms with van der Waals surface area (Å²) < 4.78 is 3.04. The quantitative estimate of drug-likeness (QED) is 0.680. The van der Waals surface area contributed by atoms with Crippen molar-refractivity contribution in [1.29, 1.82) is 0 Å². The van der Waals surface area contributed by atoms with Gasteiger partial charge in [0.05, 0.1) is 11.4 Å². The summed E-state index contributed by atoms with van der Waals surface area (Å²) in [5, 5.41) is 4.58. The van der Waals surface area contributed by atoms with Crippen molar-refractivity contribution in [2.45, 2.75) is 18.2 Å². The highest BCUT2D eigenvalue weighted by Gasteiger charge is 2.14. The number of imidazole rings is 1. The van der Waals surface area contributed by atoms with Gasteiger partial charge in [0, 0.05) is 5.56 Å². The first kappa shape index (κ1) is 11.7. The Morgan fingerprint density at radius 1 is 1.28 bits per heavy atom. The number of hydrogen-bond donors (Lipinski definition) is 0. The lowest BCUT2D eigenvalue weighted by molar-refractivity contribution is 0.883. The molecule has 0 fully saturated rings. The van der Waals surface area contributed by atoms with E-state index in [0.29, 0.717) is 0 Å². The van der Waals surface area contributed by atoms with Crippen molar-refractivity contribution in [3.8, 4) is 11.3 Å². The van der Waals surface area contributed by atoms with Crippen LogP contribution in [0.4, 0.5) is 0 Å². The monoisotopic (exact) mass is 275 g/mol. The Morgan fingerprint density at radius 3 is 2.72 bits per heavy atom. The van der Waals surface area contributed by atoms with E-state index in [1.165, 1.54) is 0 Å². The Balaban J connectivity index is 2.10. The third-order valence-electron chi connectivity index (χ3n) is 2.72. The van der Waals surface area contributed by atoms with Gasteiger partial charge in [-0.3, -0.25) is 0 Å². The smallest absolute Gasteiger partial charge is 0.213 e. The van der Waals surface area contributed by atoms with Gasteiger partial charge < -0.3 is 0 Å². The summed E-state index contributed by atoms with van der Waals surface area (Å²) in [6.45, 7) is 4.21. The summed E-state index contributed by atoms with van der Waals surface area (Å²) in [5.74, 6) is 1.04. The molecule has 0 unspecified atom stereocenters. The summed E-state index contributed by atoms with van der Waals surface area (Å²) >= 11 is 3.42. The van der Waals surface area contributed by atoms with Gasteiger partial charge in [-0.2, -0.15) is 0 Å². The molecule has 2 aromatic heterocycles. The SMILES string of the molecule is CCSc1nn2c(C)c(-c3ccccc3)nc2s1. The second kappa shape index (κ2) is 4.74. The maximum Gasteiger partial charge on any atom is 0.213 e. The largest absolute Gasteiger partial charge is 0.217 e. The van der Waals surface area contributed by atoms with Gasteiger partial charge >= 0.3 is 0 Å². The van der Waals surface area contributed by atoms with Gasteiger partial charge in [-0.1, -0.05) is 60.4 Å². The Kier molecular flexibility index (Phi) is 3.09. The second-order valence-electron chi connectivity index (χ2n) is 3.91. The number of benzene rings is 1. The van der Waals surface area contributed by atoms with Crippen LogP contribution in [0.1, 0.15) is 12.6 Å². The first-order valence-electron chi connectivity index (χ1n) is 5.84. The van der Waals surface area contributed by atoms with Crippen LogP contribution in [-0.4, -0.2) is 20.4 Å². The normalized spacial score (nSPS) is 11.2. The van der Waals surface area contributed by atoms with Crippen LogP contribution in [0.3, 0.4) is 0 Å². The van der Waals surface area contributed by atoms with Gasteiger partial charge in [0.1, 0.15) is 0 Å². The van der Waals surface area contributed by atoms with E-state index in [9.17, 15) is 0 Å². The van der Waals surface area contributed by atoms with E-state index in [-0.39, 0.29) is 0 Å². The van der Waals surface area contributed by atoms with Crippen LogP contribution < -0.4 is 0 Å². The van der Waals surface area contributed by atoms with Crippen LogP contribution in [0.15, 0.2) is 34.7 Å². The van der Waals surface area contributed by atoms with E-state index in [4.69, 9.17) is 4.98 Å². The summed E-state index contributed by atoms with van der Waals surface area (Å²) in [4.78, 5) is 5.67. The maximum absolute atomic E-state index is 4.69. The average Bonchev–Trinajstić information content (AvgIpc) is 2.91. The second-order valence-corrected chi connectivity index (χ2v) is 6.37. The lowest BCUT2D eigenvalue weighted by Crippen LogP contribution is -1.88. The first-order chi connectivity index (χ1) is 8.79. The van der Waals surface area contributed by atoms with Crippen LogP contribution in [0, 0.1) is 6.92 Å². The van der Waals surface area contributed by atoms with Gasteiger partial charge in [0.2, 0.25) is 4.96 Å². The van der Waals surface area contributed by atoms with Crippen molar-refractivity contribution in [2.24, 2.45) is 0 Å². The predicted molar refractivity (Wildman–Crippen MR) is 77.4 cm³/mol. The van der Waals surface area contributed by atoms with Gasteiger partial charge in [0.25, 0.3) is 0 Å². The third-order valence-corrected chi connectivity index (χ3v) is 4.65. The zero-order valence-electron chi connectivity index (χ0n) is 10.3. The fourth-order valence-electron chi connectivity index (χ4n) is 1.88. The van der Waals surface area contributed by atoms with Crippen LogP contribution in [0.5, 0.6) is 0 Å². The van der Waals surface area contributed by atoms with Crippen LogP contribution in [0.2, 0.25) is 0 Å². The highest BCUT2D eigenvalue weighted by molar-refractivity contribution is 8.01. The van der Waals surface area contributed by atoms with Crippen molar-refractivity contribution in [3.63, 3.8) is 0 Å². The van der Waals surface area contributed by atoms with Crippen molar-refractivity contribution in [2.75, 3.05) is 5.75 Å². The van der Waals surface area contributed by atoms with Gasteiger partial charge in [-0.25, -0.2) is 9.50 Å². The molecule has 0 amide bonds. The number of thioether (sulfide) groups is 1. The zero-order chi connectivity index (χ0) is 12.5. The molecule has 0 bridgehead atoms. The number of rotatable bonds is 3. The van der Waals surface area contributed by atoms with Crippen LogP contribution in [-0.2, 0) is 0 Å². The van der Waals surface area contributed by atoms with E-state index in [1.807, 2.05) is 22.7 Å². The molecule has 0 saturated heterocycles. The molecular formula is C13H13N3S2. The molecule has 0 radical (unpaired) electrons. The van der Waals surface area contributed by atoms with E-state index >= 15 is 0 Å². The third kappa shape index (κ3) is 1.93. The molecule has 2 heterocycles. The Bertz CT molecular complexity index is 670. The number of nitrogens with zero attached hydrogens (tertiary/aromatic N) is 3. The number of aryl methyl sites for hydroxylation is 1. The zero-order valence-corrected chi connectivity index (χ0v) is 11.9. The lowest BCUT2D eigenvalue weighted by Gasteiger charge is -1.97. The van der Waals surface area contributed by atoms with E-state index in [1.54, 1.807) is 23.1 Å². The molecule has 3 aromatic rings. The molecule has 3 nitrogen and oxygen atoms in total. The summed E-state index contributed by atoms with van der Waals surface area (Å²) in [5.41, 5.74) is 3.29. The number of fused-ring (bicyclic) bond motifs is 1. The van der Waals surface area contributed by atoms with Gasteiger partial charge in [0.15, 0.2) is 4.34 Å². The van der Waals surface area contributed by atoms with Crippen molar-refractivity contribution < 1.29 is 0 Å². The Labute approximate surface area is 114 Å². The fourth-order valence-corrected chi connectivity index (χ4v) is 3.76. The Hall–Kier alpha value is -1.33.